The molecule has 6 nitrogen and oxygen atoms in total. The smallest absolute Gasteiger partial charge is 0.331 e. The summed E-state index contributed by atoms with van der Waals surface area (Å²) >= 11 is 0. The number of aliphatic carboxylic acids is 1. The van der Waals surface area contributed by atoms with Crippen molar-refractivity contribution in [2.45, 2.75) is 25.8 Å². The van der Waals surface area contributed by atoms with Crippen LogP contribution in [-0.2, 0) is 16.0 Å². The van der Waals surface area contributed by atoms with Crippen molar-refractivity contribution in [1.82, 2.24) is 4.90 Å². The Kier molecular flexibility index (Phi) is 4.35. The first-order valence-corrected chi connectivity index (χ1v) is 6.80. The predicted molar refractivity (Wildman–Crippen MR) is 75.6 cm³/mol. The van der Waals surface area contributed by atoms with Gasteiger partial charge < -0.3 is 19.5 Å². The van der Waals surface area contributed by atoms with Crippen molar-refractivity contribution in [3.8, 4) is 11.5 Å². The van der Waals surface area contributed by atoms with Crippen molar-refractivity contribution in [2.24, 2.45) is 0 Å². The summed E-state index contributed by atoms with van der Waals surface area (Å²) < 4.78 is 10.5. The number of nitrogens with zero attached hydrogens (tertiary/aromatic N) is 1. The minimum Gasteiger partial charge on any atom is -0.493 e. The van der Waals surface area contributed by atoms with E-state index in [-0.39, 0.29) is 12.3 Å². The largest absolute Gasteiger partial charge is 0.493 e. The Morgan fingerprint density at radius 2 is 1.90 bits per heavy atom. The summed E-state index contributed by atoms with van der Waals surface area (Å²) in [5, 5.41) is 9.52. The summed E-state index contributed by atoms with van der Waals surface area (Å²) in [5.41, 5.74) is 1.47. The highest BCUT2D eigenvalue weighted by Crippen LogP contribution is 2.38. The number of carbonyl (C=O) groups excluding carboxylic acids is 1. The van der Waals surface area contributed by atoms with Crippen LogP contribution < -0.4 is 9.47 Å². The second-order valence-electron chi connectivity index (χ2n) is 4.84. The molecule has 1 atom stereocenters. The Labute approximate surface area is 123 Å². The Morgan fingerprint density at radius 1 is 1.29 bits per heavy atom. The summed E-state index contributed by atoms with van der Waals surface area (Å²) in [6, 6.07) is 2.47. The molecule has 114 valence electrons. The molecule has 1 aliphatic rings. The molecule has 21 heavy (non-hydrogen) atoms. The third kappa shape index (κ3) is 2.66. The SMILES string of the molecule is CCC(=O)N1CCc2cc(OC)c(OC)cc2C1C(=O)O. The first kappa shape index (κ1) is 15.2. The minimum absolute atomic E-state index is 0.164. The van der Waals surface area contributed by atoms with Crippen molar-refractivity contribution in [2.75, 3.05) is 20.8 Å². The molecule has 0 saturated carbocycles. The second kappa shape index (κ2) is 6.03. The van der Waals surface area contributed by atoms with E-state index in [0.29, 0.717) is 30.0 Å². The number of hydrogen-bond donors (Lipinski definition) is 1. The normalized spacial score (nSPS) is 17.1. The van der Waals surface area contributed by atoms with Gasteiger partial charge in [0, 0.05) is 13.0 Å². The molecule has 1 N–H and O–H groups in total. The fraction of sp³-hybridized carbons (Fsp3) is 0.467. The molecule has 1 heterocycles. The number of amides is 1. The van der Waals surface area contributed by atoms with Gasteiger partial charge in [-0.1, -0.05) is 6.92 Å². The van der Waals surface area contributed by atoms with E-state index in [1.165, 1.54) is 19.1 Å². The van der Waals surface area contributed by atoms with Crippen LogP contribution in [0, 0.1) is 0 Å². The highest BCUT2D eigenvalue weighted by atomic mass is 16.5. The van der Waals surface area contributed by atoms with Crippen LogP contribution in [-0.4, -0.2) is 42.6 Å². The zero-order valence-electron chi connectivity index (χ0n) is 12.4. The van der Waals surface area contributed by atoms with Gasteiger partial charge in [-0.05, 0) is 29.7 Å². The molecular weight excluding hydrogens is 274 g/mol. The van der Waals surface area contributed by atoms with E-state index in [1.807, 2.05) is 0 Å². The van der Waals surface area contributed by atoms with E-state index in [4.69, 9.17) is 9.47 Å². The molecule has 2 rings (SSSR count). The van der Waals surface area contributed by atoms with Gasteiger partial charge >= 0.3 is 5.97 Å². The van der Waals surface area contributed by atoms with E-state index in [2.05, 4.69) is 0 Å². The first-order chi connectivity index (χ1) is 10.0. The summed E-state index contributed by atoms with van der Waals surface area (Å²) in [7, 11) is 3.03. The number of carbonyl (C=O) groups is 2. The summed E-state index contributed by atoms with van der Waals surface area (Å²) in [4.78, 5) is 25.0. The highest BCUT2D eigenvalue weighted by Gasteiger charge is 2.36. The molecule has 0 spiro atoms. The van der Waals surface area contributed by atoms with Gasteiger partial charge in [0.05, 0.1) is 14.2 Å². The fourth-order valence-corrected chi connectivity index (χ4v) is 2.68. The van der Waals surface area contributed by atoms with Crippen LogP contribution in [0.15, 0.2) is 12.1 Å². The summed E-state index contributed by atoms with van der Waals surface area (Å²) in [5.74, 6) is -0.170. The van der Waals surface area contributed by atoms with Crippen molar-refractivity contribution in [3.63, 3.8) is 0 Å². The number of fused-ring (bicyclic) bond motifs is 1. The summed E-state index contributed by atoms with van der Waals surface area (Å²) in [6.07, 6.45) is 0.887. The van der Waals surface area contributed by atoms with Crippen molar-refractivity contribution in [1.29, 1.82) is 0 Å². The third-order valence-electron chi connectivity index (χ3n) is 3.73. The van der Waals surface area contributed by atoms with Crippen LogP contribution in [0.4, 0.5) is 0 Å². The van der Waals surface area contributed by atoms with Gasteiger partial charge in [0.2, 0.25) is 5.91 Å². The van der Waals surface area contributed by atoms with Gasteiger partial charge in [0.1, 0.15) is 0 Å². The van der Waals surface area contributed by atoms with Crippen molar-refractivity contribution >= 4 is 11.9 Å². The quantitative estimate of drug-likeness (QED) is 0.913. The van der Waals surface area contributed by atoms with Crippen LogP contribution in [0.3, 0.4) is 0 Å². The average Bonchev–Trinajstić information content (AvgIpc) is 2.51. The van der Waals surface area contributed by atoms with E-state index in [9.17, 15) is 14.7 Å². The molecule has 0 saturated heterocycles. The van der Waals surface area contributed by atoms with Crippen LogP contribution in [0.1, 0.15) is 30.5 Å². The van der Waals surface area contributed by atoms with Crippen LogP contribution in [0.2, 0.25) is 0 Å². The topological polar surface area (TPSA) is 76.1 Å². The van der Waals surface area contributed by atoms with E-state index in [1.54, 1.807) is 19.1 Å². The Hall–Kier alpha value is -2.24. The maximum Gasteiger partial charge on any atom is 0.331 e. The lowest BCUT2D eigenvalue weighted by atomic mass is 9.91. The minimum atomic E-state index is -1.04. The Balaban J connectivity index is 2.53. The van der Waals surface area contributed by atoms with Gasteiger partial charge in [-0.15, -0.1) is 0 Å². The molecule has 1 unspecified atom stereocenters. The fourth-order valence-electron chi connectivity index (χ4n) is 2.68. The maximum atomic E-state index is 12.0. The van der Waals surface area contributed by atoms with Gasteiger partial charge in [-0.2, -0.15) is 0 Å². The summed E-state index contributed by atoms with van der Waals surface area (Å²) in [6.45, 7) is 2.12. The van der Waals surface area contributed by atoms with Gasteiger partial charge in [0.15, 0.2) is 17.5 Å². The van der Waals surface area contributed by atoms with Crippen molar-refractivity contribution < 1.29 is 24.2 Å². The highest BCUT2D eigenvalue weighted by molar-refractivity contribution is 5.85. The molecule has 1 aliphatic heterocycles. The standard InChI is InChI=1S/C15H19NO5/c1-4-13(17)16-6-5-9-7-11(20-2)12(21-3)8-10(9)14(16)15(18)19/h7-8,14H,4-6H2,1-3H3,(H,18,19). The van der Waals surface area contributed by atoms with E-state index in [0.717, 1.165) is 5.56 Å². The molecule has 0 aliphatic carbocycles. The van der Waals surface area contributed by atoms with Crippen LogP contribution in [0.5, 0.6) is 11.5 Å². The number of hydrogen-bond acceptors (Lipinski definition) is 4. The molecule has 6 heteroatoms. The number of ether oxygens (including phenoxy) is 2. The van der Waals surface area contributed by atoms with E-state index >= 15 is 0 Å². The van der Waals surface area contributed by atoms with Crippen LogP contribution >= 0.6 is 0 Å². The number of carboxylic acid groups (broad SMARTS) is 1. The third-order valence-corrected chi connectivity index (χ3v) is 3.73. The Morgan fingerprint density at radius 3 is 2.43 bits per heavy atom. The molecule has 0 fully saturated rings. The molecule has 1 aromatic rings. The molecule has 1 aromatic carbocycles. The van der Waals surface area contributed by atoms with Crippen LogP contribution in [0.25, 0.3) is 0 Å². The Bertz CT molecular complexity index is 569. The lowest BCUT2D eigenvalue weighted by Crippen LogP contribution is -2.43. The number of rotatable bonds is 4. The van der Waals surface area contributed by atoms with Gasteiger partial charge in [-0.3, -0.25) is 4.79 Å². The molecule has 1 amide bonds. The first-order valence-electron chi connectivity index (χ1n) is 6.80. The molecule has 0 bridgehead atoms. The van der Waals surface area contributed by atoms with Gasteiger partial charge in [-0.25, -0.2) is 4.79 Å². The lowest BCUT2D eigenvalue weighted by Gasteiger charge is -2.35. The van der Waals surface area contributed by atoms with E-state index < -0.39 is 12.0 Å². The molecule has 0 radical (unpaired) electrons. The number of methoxy groups -OCH3 is 2. The van der Waals surface area contributed by atoms with Gasteiger partial charge in [0.25, 0.3) is 0 Å². The number of carboxylic acids is 1. The zero-order chi connectivity index (χ0) is 15.6. The molecular formula is C15H19NO5. The maximum absolute atomic E-state index is 12.0. The predicted octanol–water partition coefficient (Wildman–Crippen LogP) is 1.62. The van der Waals surface area contributed by atoms with Crippen molar-refractivity contribution in [3.05, 3.63) is 23.3 Å². The average molecular weight is 293 g/mol. The number of benzene rings is 1. The lowest BCUT2D eigenvalue weighted by molar-refractivity contribution is -0.151. The second-order valence-corrected chi connectivity index (χ2v) is 4.84. The molecule has 0 aromatic heterocycles. The monoisotopic (exact) mass is 293 g/mol. The zero-order valence-corrected chi connectivity index (χ0v) is 12.4.